The fourth-order valence-corrected chi connectivity index (χ4v) is 4.88. The second kappa shape index (κ2) is 10.4. The van der Waals surface area contributed by atoms with Crippen LogP contribution >= 0.6 is 12.4 Å². The molecule has 2 amide bonds. The van der Waals surface area contributed by atoms with Crippen molar-refractivity contribution in [2.45, 2.75) is 71.4 Å². The van der Waals surface area contributed by atoms with E-state index in [-0.39, 0.29) is 24.6 Å². The third kappa shape index (κ3) is 4.93. The third-order valence-electron chi connectivity index (χ3n) is 6.51. The van der Waals surface area contributed by atoms with Gasteiger partial charge in [-0.1, -0.05) is 58.7 Å². The number of carbonyl (C=O) groups is 1. The topological polar surface area (TPSA) is 59.0 Å². The molecule has 1 atom stereocenters. The zero-order valence-corrected chi connectivity index (χ0v) is 20.3. The summed E-state index contributed by atoms with van der Waals surface area (Å²) in [6, 6.07) is 12.3. The first-order chi connectivity index (χ1) is 15.0. The van der Waals surface area contributed by atoms with Crippen LogP contribution in [0.4, 0.5) is 10.5 Å². The Bertz CT molecular complexity index is 1030. The van der Waals surface area contributed by atoms with Crippen molar-refractivity contribution in [2.75, 3.05) is 5.32 Å². The summed E-state index contributed by atoms with van der Waals surface area (Å²) >= 11 is 0. The summed E-state index contributed by atoms with van der Waals surface area (Å²) in [4.78, 5) is 17.9. The molecule has 0 bridgehead atoms. The average Bonchev–Trinajstić information content (AvgIpc) is 3.42. The zero-order chi connectivity index (χ0) is 22.0. The fraction of sp³-hybridized carbons (Fsp3) is 0.462. The Kier molecular flexibility index (Phi) is 7.83. The van der Waals surface area contributed by atoms with Gasteiger partial charge in [-0.2, -0.15) is 0 Å². The Morgan fingerprint density at radius 2 is 1.66 bits per heavy atom. The molecule has 6 heteroatoms. The molecular formula is C26H35ClN4O. The van der Waals surface area contributed by atoms with Crippen LogP contribution in [0.2, 0.25) is 0 Å². The van der Waals surface area contributed by atoms with Crippen LogP contribution in [-0.4, -0.2) is 15.6 Å². The van der Waals surface area contributed by atoms with E-state index < -0.39 is 0 Å². The molecule has 3 aromatic rings. The SMILES string of the molecule is CC(C)c1cccc(C(C)C)c1NC(=O)NC(C1CCCC1)n1ccc2cccnc21.Cl. The number of hydrogen-bond donors (Lipinski definition) is 2. The molecule has 1 aromatic carbocycles. The number of fused-ring (bicyclic) bond motifs is 1. The minimum Gasteiger partial charge on any atom is -0.317 e. The normalized spacial score (nSPS) is 15.2. The van der Waals surface area contributed by atoms with Crippen LogP contribution in [-0.2, 0) is 0 Å². The Balaban J connectivity index is 0.00000289. The molecule has 1 fully saturated rings. The molecule has 0 radical (unpaired) electrons. The highest BCUT2D eigenvalue weighted by atomic mass is 35.5. The van der Waals surface area contributed by atoms with E-state index in [9.17, 15) is 4.79 Å². The first kappa shape index (κ1) is 24.1. The van der Waals surface area contributed by atoms with E-state index in [1.54, 1.807) is 0 Å². The summed E-state index contributed by atoms with van der Waals surface area (Å²) in [7, 11) is 0. The van der Waals surface area contributed by atoms with Gasteiger partial charge in [-0.25, -0.2) is 9.78 Å². The van der Waals surface area contributed by atoms with Crippen LogP contribution in [0.15, 0.2) is 48.8 Å². The Morgan fingerprint density at radius 1 is 1.00 bits per heavy atom. The molecule has 4 rings (SSSR count). The quantitative estimate of drug-likeness (QED) is 0.413. The standard InChI is InChI=1S/C26H34N4O.ClH/c1-17(2)21-12-7-13-22(18(3)4)23(21)28-26(31)29-25(19-9-5-6-10-19)30-16-14-20-11-8-15-27-24(20)30;/h7-8,11-19,25H,5-6,9-10H2,1-4H3,(H2,28,29,31);1H. The number of anilines is 1. The number of rotatable bonds is 6. The fourth-order valence-electron chi connectivity index (χ4n) is 4.88. The highest BCUT2D eigenvalue weighted by Gasteiger charge is 2.29. The summed E-state index contributed by atoms with van der Waals surface area (Å²) in [5.41, 5.74) is 4.22. The summed E-state index contributed by atoms with van der Waals surface area (Å²) in [6.45, 7) is 8.67. The summed E-state index contributed by atoms with van der Waals surface area (Å²) < 4.78 is 2.14. The maximum absolute atomic E-state index is 13.3. The van der Waals surface area contributed by atoms with Crippen LogP contribution in [0.25, 0.3) is 11.0 Å². The second-order valence-corrected chi connectivity index (χ2v) is 9.35. The largest absolute Gasteiger partial charge is 0.320 e. The van der Waals surface area contributed by atoms with Crippen LogP contribution in [0, 0.1) is 5.92 Å². The van der Waals surface area contributed by atoms with Gasteiger partial charge in [0.1, 0.15) is 11.8 Å². The summed E-state index contributed by atoms with van der Waals surface area (Å²) in [5, 5.41) is 7.63. The molecular weight excluding hydrogens is 420 g/mol. The Morgan fingerprint density at radius 3 is 2.28 bits per heavy atom. The third-order valence-corrected chi connectivity index (χ3v) is 6.51. The second-order valence-electron chi connectivity index (χ2n) is 9.35. The average molecular weight is 455 g/mol. The number of urea groups is 1. The van der Waals surface area contributed by atoms with E-state index in [4.69, 9.17) is 0 Å². The van der Waals surface area contributed by atoms with E-state index in [2.05, 4.69) is 84.4 Å². The van der Waals surface area contributed by atoms with E-state index in [1.165, 1.54) is 24.0 Å². The smallest absolute Gasteiger partial charge is 0.317 e. The molecule has 32 heavy (non-hydrogen) atoms. The molecule has 1 saturated carbocycles. The number of nitrogens with one attached hydrogen (secondary N) is 2. The van der Waals surface area contributed by atoms with Gasteiger partial charge < -0.3 is 15.2 Å². The number of aromatic nitrogens is 2. The number of nitrogens with zero attached hydrogens (tertiary/aromatic N) is 2. The van der Waals surface area contributed by atoms with Crippen molar-refractivity contribution >= 4 is 35.2 Å². The lowest BCUT2D eigenvalue weighted by Crippen LogP contribution is -2.39. The van der Waals surface area contributed by atoms with Gasteiger partial charge in [0.15, 0.2) is 0 Å². The molecule has 1 aliphatic rings. The van der Waals surface area contributed by atoms with Crippen molar-refractivity contribution in [2.24, 2.45) is 5.92 Å². The molecule has 172 valence electrons. The summed E-state index contributed by atoms with van der Waals surface area (Å²) in [6.07, 6.45) is 8.44. The van der Waals surface area contributed by atoms with Crippen LogP contribution in [0.3, 0.4) is 0 Å². The lowest BCUT2D eigenvalue weighted by Gasteiger charge is -2.28. The van der Waals surface area contributed by atoms with Crippen LogP contribution < -0.4 is 10.6 Å². The van der Waals surface area contributed by atoms with E-state index >= 15 is 0 Å². The Hall–Kier alpha value is -2.53. The van der Waals surface area contributed by atoms with Crippen molar-refractivity contribution in [3.8, 4) is 0 Å². The van der Waals surface area contributed by atoms with Gasteiger partial charge in [0.05, 0.1) is 0 Å². The lowest BCUT2D eigenvalue weighted by atomic mass is 9.93. The number of halogens is 1. The number of benzene rings is 1. The summed E-state index contributed by atoms with van der Waals surface area (Å²) in [5.74, 6) is 1.07. The predicted octanol–water partition coefficient (Wildman–Crippen LogP) is 7.22. The zero-order valence-electron chi connectivity index (χ0n) is 19.5. The molecule has 2 aromatic heterocycles. The van der Waals surface area contributed by atoms with E-state index in [0.717, 1.165) is 29.6 Å². The molecule has 1 unspecified atom stereocenters. The number of amides is 2. The minimum absolute atomic E-state index is 0. The molecule has 0 spiro atoms. The van der Waals surface area contributed by atoms with Crippen molar-refractivity contribution in [3.05, 3.63) is 59.9 Å². The van der Waals surface area contributed by atoms with Gasteiger partial charge in [-0.3, -0.25) is 0 Å². The van der Waals surface area contributed by atoms with Gasteiger partial charge in [0.25, 0.3) is 0 Å². The molecule has 0 aliphatic heterocycles. The number of pyridine rings is 1. The molecule has 1 aliphatic carbocycles. The molecule has 2 N–H and O–H groups in total. The van der Waals surface area contributed by atoms with Crippen molar-refractivity contribution in [1.82, 2.24) is 14.9 Å². The van der Waals surface area contributed by atoms with Gasteiger partial charge >= 0.3 is 6.03 Å². The predicted molar refractivity (Wildman–Crippen MR) is 135 cm³/mol. The molecule has 5 nitrogen and oxygen atoms in total. The molecule has 2 heterocycles. The van der Waals surface area contributed by atoms with Gasteiger partial charge in [0, 0.05) is 23.5 Å². The highest BCUT2D eigenvalue weighted by molar-refractivity contribution is 5.91. The van der Waals surface area contributed by atoms with Crippen molar-refractivity contribution in [1.29, 1.82) is 0 Å². The van der Waals surface area contributed by atoms with Crippen molar-refractivity contribution < 1.29 is 4.79 Å². The lowest BCUT2D eigenvalue weighted by molar-refractivity contribution is 0.229. The van der Waals surface area contributed by atoms with Crippen molar-refractivity contribution in [3.63, 3.8) is 0 Å². The van der Waals surface area contributed by atoms with E-state index in [0.29, 0.717) is 17.8 Å². The maximum Gasteiger partial charge on any atom is 0.320 e. The van der Waals surface area contributed by atoms with E-state index in [1.807, 2.05) is 12.3 Å². The number of carbonyl (C=O) groups excluding carboxylic acids is 1. The maximum atomic E-state index is 13.3. The number of hydrogen-bond acceptors (Lipinski definition) is 2. The van der Waals surface area contributed by atoms with Crippen LogP contribution in [0.1, 0.15) is 82.5 Å². The minimum atomic E-state index is -0.148. The van der Waals surface area contributed by atoms with Gasteiger partial charge in [0.2, 0.25) is 0 Å². The van der Waals surface area contributed by atoms with Crippen LogP contribution in [0.5, 0.6) is 0 Å². The van der Waals surface area contributed by atoms with Gasteiger partial charge in [-0.05, 0) is 59.9 Å². The Labute approximate surface area is 197 Å². The van der Waals surface area contributed by atoms with Gasteiger partial charge in [-0.15, -0.1) is 12.4 Å². The monoisotopic (exact) mass is 454 g/mol. The highest BCUT2D eigenvalue weighted by Crippen LogP contribution is 2.35. The first-order valence-electron chi connectivity index (χ1n) is 11.6. The first-order valence-corrected chi connectivity index (χ1v) is 11.6. The number of para-hydroxylation sites is 1. The molecule has 0 saturated heterocycles.